The van der Waals surface area contributed by atoms with Crippen LogP contribution < -0.4 is 20.3 Å². The van der Waals surface area contributed by atoms with Gasteiger partial charge in [-0.25, -0.2) is 4.68 Å². The van der Waals surface area contributed by atoms with Gasteiger partial charge in [0, 0.05) is 32.4 Å². The number of guanidine groups is 1. The molecule has 0 bridgehead atoms. The van der Waals surface area contributed by atoms with Crippen LogP contribution in [0.25, 0.3) is 5.69 Å². The van der Waals surface area contributed by atoms with Gasteiger partial charge in [0.25, 0.3) is 0 Å². The molecule has 3 aromatic rings. The molecule has 2 N–H and O–H groups in total. The van der Waals surface area contributed by atoms with Crippen LogP contribution in [0, 0.1) is 0 Å². The number of halogens is 1. The van der Waals surface area contributed by atoms with E-state index in [0.29, 0.717) is 12.6 Å². The van der Waals surface area contributed by atoms with Crippen LogP contribution in [0.4, 0.5) is 5.00 Å². The largest absolute Gasteiger partial charge is 0.497 e. The van der Waals surface area contributed by atoms with Gasteiger partial charge in [0.15, 0.2) is 5.96 Å². The third kappa shape index (κ3) is 6.13. The summed E-state index contributed by atoms with van der Waals surface area (Å²) in [6.45, 7) is 2.76. The van der Waals surface area contributed by atoms with Crippen molar-refractivity contribution < 1.29 is 4.74 Å². The molecule has 31 heavy (non-hydrogen) atoms. The Morgan fingerprint density at radius 2 is 1.97 bits per heavy atom. The number of aromatic nitrogens is 2. The smallest absolute Gasteiger partial charge is 0.191 e. The first-order valence-electron chi connectivity index (χ1n) is 10.2. The molecular formula is C22H29IN6OS. The molecule has 1 saturated heterocycles. The average Bonchev–Trinajstić information content (AvgIpc) is 3.50. The van der Waals surface area contributed by atoms with Gasteiger partial charge in [0.05, 0.1) is 30.0 Å². The number of methoxy groups -OCH3 is 1. The minimum Gasteiger partial charge on any atom is -0.497 e. The highest BCUT2D eigenvalue weighted by molar-refractivity contribution is 14.0. The zero-order valence-electron chi connectivity index (χ0n) is 17.8. The average molecular weight is 552 g/mol. The Balaban J connectivity index is 0.00000272. The maximum atomic E-state index is 5.21. The Kier molecular flexibility index (Phi) is 8.59. The van der Waals surface area contributed by atoms with Crippen molar-refractivity contribution in [2.45, 2.75) is 25.4 Å². The summed E-state index contributed by atoms with van der Waals surface area (Å²) in [5.74, 6) is 1.66. The molecule has 0 saturated carbocycles. The summed E-state index contributed by atoms with van der Waals surface area (Å²) in [7, 11) is 3.48. The molecule has 166 valence electrons. The van der Waals surface area contributed by atoms with Crippen molar-refractivity contribution in [1.29, 1.82) is 0 Å². The first-order valence-corrected chi connectivity index (χ1v) is 11.1. The van der Waals surface area contributed by atoms with E-state index >= 15 is 0 Å². The summed E-state index contributed by atoms with van der Waals surface area (Å²) >= 11 is 1.81. The molecule has 0 amide bonds. The second-order valence-electron chi connectivity index (χ2n) is 7.23. The van der Waals surface area contributed by atoms with Crippen molar-refractivity contribution in [3.05, 3.63) is 59.7 Å². The fourth-order valence-electron chi connectivity index (χ4n) is 3.59. The number of anilines is 1. The summed E-state index contributed by atoms with van der Waals surface area (Å²) in [6.07, 6.45) is 4.17. The number of nitrogens with one attached hydrogen (secondary N) is 2. The molecule has 0 aliphatic carbocycles. The topological polar surface area (TPSA) is 66.7 Å². The van der Waals surface area contributed by atoms with Crippen LogP contribution in [0.5, 0.6) is 5.75 Å². The zero-order valence-corrected chi connectivity index (χ0v) is 21.0. The van der Waals surface area contributed by atoms with Gasteiger partial charge in [-0.05, 0) is 60.7 Å². The second-order valence-corrected chi connectivity index (χ2v) is 8.16. The molecular weight excluding hydrogens is 523 g/mol. The Morgan fingerprint density at radius 3 is 2.61 bits per heavy atom. The van der Waals surface area contributed by atoms with E-state index in [2.05, 4.69) is 43.1 Å². The van der Waals surface area contributed by atoms with Crippen LogP contribution in [0.3, 0.4) is 0 Å². The fraction of sp³-hybridized carbons (Fsp3) is 0.364. The number of rotatable bonds is 6. The minimum absolute atomic E-state index is 0. The first-order chi connectivity index (χ1) is 14.7. The molecule has 3 heterocycles. The molecule has 1 aliphatic heterocycles. The Bertz CT molecular complexity index is 949. The maximum absolute atomic E-state index is 5.21. The Morgan fingerprint density at radius 1 is 1.19 bits per heavy atom. The SMILES string of the molecule is CN=C(NCc1ccn(-c2ccc(OC)cc2)n1)NC1CCN(c2cccs2)CC1.I. The van der Waals surface area contributed by atoms with Crippen molar-refractivity contribution in [3.8, 4) is 11.4 Å². The number of hydrogen-bond donors (Lipinski definition) is 2. The van der Waals surface area contributed by atoms with Crippen molar-refractivity contribution in [2.24, 2.45) is 4.99 Å². The normalized spacial score (nSPS) is 14.8. The van der Waals surface area contributed by atoms with E-state index in [9.17, 15) is 0 Å². The van der Waals surface area contributed by atoms with Crippen molar-refractivity contribution in [2.75, 3.05) is 32.1 Å². The fourth-order valence-corrected chi connectivity index (χ4v) is 4.38. The minimum atomic E-state index is 0. The van der Waals surface area contributed by atoms with Gasteiger partial charge in [-0.15, -0.1) is 35.3 Å². The van der Waals surface area contributed by atoms with Crippen molar-refractivity contribution in [1.82, 2.24) is 20.4 Å². The molecule has 1 fully saturated rings. The van der Waals surface area contributed by atoms with E-state index in [1.807, 2.05) is 59.6 Å². The molecule has 7 nitrogen and oxygen atoms in total. The summed E-state index contributed by atoms with van der Waals surface area (Å²) in [5.41, 5.74) is 1.96. The maximum Gasteiger partial charge on any atom is 0.191 e. The number of aliphatic imine (C=N–C) groups is 1. The summed E-state index contributed by atoms with van der Waals surface area (Å²) < 4.78 is 7.08. The monoisotopic (exact) mass is 552 g/mol. The predicted molar refractivity (Wildman–Crippen MR) is 138 cm³/mol. The van der Waals surface area contributed by atoms with Gasteiger partial charge >= 0.3 is 0 Å². The predicted octanol–water partition coefficient (Wildman–Crippen LogP) is 3.89. The molecule has 2 aromatic heterocycles. The lowest BCUT2D eigenvalue weighted by molar-refractivity contribution is 0.414. The van der Waals surface area contributed by atoms with Crippen LogP contribution in [0.15, 0.2) is 59.0 Å². The number of ether oxygens (including phenoxy) is 1. The van der Waals surface area contributed by atoms with Crippen LogP contribution in [-0.4, -0.2) is 49.0 Å². The quantitative estimate of drug-likeness (QED) is 0.276. The number of nitrogens with zero attached hydrogens (tertiary/aromatic N) is 4. The third-order valence-electron chi connectivity index (χ3n) is 5.30. The molecule has 1 aliphatic rings. The highest BCUT2D eigenvalue weighted by Crippen LogP contribution is 2.24. The Labute approximate surface area is 204 Å². The van der Waals surface area contributed by atoms with Crippen molar-refractivity contribution in [3.63, 3.8) is 0 Å². The highest BCUT2D eigenvalue weighted by Gasteiger charge is 2.20. The van der Waals surface area contributed by atoms with Gasteiger partial charge in [0.1, 0.15) is 5.75 Å². The lowest BCUT2D eigenvalue weighted by Crippen LogP contribution is -2.48. The van der Waals surface area contributed by atoms with E-state index < -0.39 is 0 Å². The van der Waals surface area contributed by atoms with Gasteiger partial charge in [-0.1, -0.05) is 0 Å². The number of benzene rings is 1. The molecule has 0 radical (unpaired) electrons. The van der Waals surface area contributed by atoms with Crippen LogP contribution in [0.1, 0.15) is 18.5 Å². The third-order valence-corrected chi connectivity index (χ3v) is 6.22. The number of thiophene rings is 1. The lowest BCUT2D eigenvalue weighted by atomic mass is 10.1. The molecule has 9 heteroatoms. The molecule has 0 unspecified atom stereocenters. The highest BCUT2D eigenvalue weighted by atomic mass is 127. The molecule has 4 rings (SSSR count). The zero-order chi connectivity index (χ0) is 20.8. The van der Waals surface area contributed by atoms with E-state index in [1.165, 1.54) is 5.00 Å². The van der Waals surface area contributed by atoms with Crippen LogP contribution in [0.2, 0.25) is 0 Å². The van der Waals surface area contributed by atoms with E-state index in [-0.39, 0.29) is 24.0 Å². The van der Waals surface area contributed by atoms with Gasteiger partial charge in [-0.2, -0.15) is 5.10 Å². The van der Waals surface area contributed by atoms with Gasteiger partial charge in [-0.3, -0.25) is 4.99 Å². The van der Waals surface area contributed by atoms with E-state index in [4.69, 9.17) is 4.74 Å². The summed E-state index contributed by atoms with van der Waals surface area (Å²) in [4.78, 5) is 6.85. The second kappa shape index (κ2) is 11.4. The lowest BCUT2D eigenvalue weighted by Gasteiger charge is -2.33. The van der Waals surface area contributed by atoms with Crippen molar-refractivity contribution >= 4 is 46.3 Å². The van der Waals surface area contributed by atoms with Crippen LogP contribution in [-0.2, 0) is 6.54 Å². The standard InChI is InChI=1S/C22H28N6OS.HI/c1-23-22(25-17-9-12-27(13-10-17)21-4-3-15-30-21)24-16-18-11-14-28(26-18)19-5-7-20(29-2)8-6-19;/h3-8,11,14-15,17H,9-10,12-13,16H2,1-2H3,(H2,23,24,25);1H. The first kappa shape index (κ1) is 23.4. The molecule has 1 aromatic carbocycles. The van der Waals surface area contributed by atoms with E-state index in [1.54, 1.807) is 7.11 Å². The summed E-state index contributed by atoms with van der Waals surface area (Å²) in [5, 5.41) is 15.1. The Hall–Kier alpha value is -2.27. The molecule has 0 atom stereocenters. The summed E-state index contributed by atoms with van der Waals surface area (Å²) in [6, 6.07) is 14.6. The number of piperidine rings is 1. The van der Waals surface area contributed by atoms with Gasteiger partial charge < -0.3 is 20.3 Å². The van der Waals surface area contributed by atoms with E-state index in [0.717, 1.165) is 49.0 Å². The number of hydrogen-bond acceptors (Lipinski definition) is 5. The molecule has 0 spiro atoms. The van der Waals surface area contributed by atoms with Gasteiger partial charge in [0.2, 0.25) is 0 Å². The van der Waals surface area contributed by atoms with Crippen LogP contribution >= 0.6 is 35.3 Å².